The van der Waals surface area contributed by atoms with Gasteiger partial charge in [0.05, 0.1) is 18.9 Å². The minimum atomic E-state index is -1.70. The van der Waals surface area contributed by atoms with Crippen molar-refractivity contribution >= 4 is 5.97 Å². The molecule has 0 saturated carbocycles. The molecule has 26 heavy (non-hydrogen) atoms. The van der Waals surface area contributed by atoms with Crippen molar-refractivity contribution in [2.24, 2.45) is 0 Å². The van der Waals surface area contributed by atoms with Crippen LogP contribution in [0.1, 0.15) is 17.4 Å². The number of hydrogen-bond donors (Lipinski definition) is 6. The molecule has 2 aromatic rings. The van der Waals surface area contributed by atoms with Gasteiger partial charge in [-0.15, -0.1) is 0 Å². The zero-order chi connectivity index (χ0) is 19.1. The Labute approximate surface area is 150 Å². The summed E-state index contributed by atoms with van der Waals surface area (Å²) in [5.74, 6) is -0.948. The maximum Gasteiger partial charge on any atom is 0.321 e. The van der Waals surface area contributed by atoms with Gasteiger partial charge >= 0.3 is 5.97 Å². The summed E-state index contributed by atoms with van der Waals surface area (Å²) >= 11 is 0. The van der Waals surface area contributed by atoms with E-state index in [4.69, 9.17) is 9.52 Å². The first-order valence-electron chi connectivity index (χ1n) is 8.15. The van der Waals surface area contributed by atoms with Gasteiger partial charge < -0.3 is 29.9 Å². The third-order valence-corrected chi connectivity index (χ3v) is 4.08. The minimum Gasteiger partial charge on any atom is -0.480 e. The van der Waals surface area contributed by atoms with Crippen molar-refractivity contribution in [2.75, 3.05) is 6.61 Å². The highest BCUT2D eigenvalue weighted by molar-refractivity contribution is 5.74. The Bertz CT molecular complexity index is 661. The second-order valence-electron chi connectivity index (χ2n) is 5.97. The van der Waals surface area contributed by atoms with Crippen molar-refractivity contribution in [1.82, 2.24) is 5.32 Å². The van der Waals surface area contributed by atoms with Crippen molar-refractivity contribution in [3.63, 3.8) is 0 Å². The van der Waals surface area contributed by atoms with E-state index in [1.54, 1.807) is 30.3 Å². The average Bonchev–Trinajstić information content (AvgIpc) is 3.18. The Kier molecular flexibility index (Phi) is 7.31. The number of aliphatic hydroxyl groups excluding tert-OH is 4. The first-order chi connectivity index (χ1) is 12.4. The molecule has 2 rings (SSSR count). The molecule has 142 valence electrons. The summed E-state index contributed by atoms with van der Waals surface area (Å²) < 4.78 is 5.24. The van der Waals surface area contributed by atoms with Crippen molar-refractivity contribution < 1.29 is 34.7 Å². The number of hydrogen-bond acceptors (Lipinski definition) is 7. The van der Waals surface area contributed by atoms with Crippen LogP contribution in [-0.2, 0) is 11.2 Å². The minimum absolute atomic E-state index is 0.138. The van der Waals surface area contributed by atoms with Gasteiger partial charge in [-0.05, 0) is 24.1 Å². The molecule has 0 aliphatic rings. The first kappa shape index (κ1) is 20.1. The van der Waals surface area contributed by atoms with Crippen LogP contribution in [-0.4, -0.2) is 62.5 Å². The van der Waals surface area contributed by atoms with E-state index in [1.165, 1.54) is 12.3 Å². The summed E-state index contributed by atoms with van der Waals surface area (Å²) in [6.45, 7) is -0.754. The molecule has 0 saturated heterocycles. The smallest absolute Gasteiger partial charge is 0.321 e. The van der Waals surface area contributed by atoms with Crippen LogP contribution in [0.2, 0.25) is 0 Å². The van der Waals surface area contributed by atoms with Gasteiger partial charge in [-0.25, -0.2) is 0 Å². The summed E-state index contributed by atoms with van der Waals surface area (Å²) in [5, 5.41) is 51.3. The molecule has 0 amide bonds. The molecule has 8 heteroatoms. The molecule has 0 fully saturated rings. The average molecular weight is 365 g/mol. The van der Waals surface area contributed by atoms with E-state index in [0.717, 1.165) is 5.56 Å². The zero-order valence-electron chi connectivity index (χ0n) is 14.0. The summed E-state index contributed by atoms with van der Waals surface area (Å²) in [4.78, 5) is 11.7. The lowest BCUT2D eigenvalue weighted by Gasteiger charge is -2.30. The van der Waals surface area contributed by atoms with Crippen molar-refractivity contribution in [2.45, 2.75) is 36.8 Å². The van der Waals surface area contributed by atoms with Crippen molar-refractivity contribution in [1.29, 1.82) is 0 Å². The second kappa shape index (κ2) is 9.46. The number of aliphatic hydroxyl groups is 4. The monoisotopic (exact) mass is 365 g/mol. The van der Waals surface area contributed by atoms with Gasteiger partial charge in [0.2, 0.25) is 0 Å². The van der Waals surface area contributed by atoms with E-state index in [1.807, 2.05) is 6.07 Å². The van der Waals surface area contributed by atoms with Gasteiger partial charge in [0.15, 0.2) is 0 Å². The van der Waals surface area contributed by atoms with E-state index in [9.17, 15) is 25.2 Å². The maximum atomic E-state index is 11.7. The zero-order valence-corrected chi connectivity index (χ0v) is 14.0. The Balaban J connectivity index is 2.22. The largest absolute Gasteiger partial charge is 0.480 e. The highest BCUT2D eigenvalue weighted by Crippen LogP contribution is 2.23. The molecular formula is C18H23NO7. The fourth-order valence-corrected chi connectivity index (χ4v) is 2.63. The quantitative estimate of drug-likeness (QED) is 0.336. The molecule has 0 aliphatic carbocycles. The van der Waals surface area contributed by atoms with E-state index in [-0.39, 0.29) is 12.2 Å². The van der Waals surface area contributed by atoms with E-state index in [2.05, 4.69) is 5.32 Å². The molecule has 1 aromatic heterocycles. The lowest BCUT2D eigenvalue weighted by molar-refractivity contribution is -0.140. The fourth-order valence-electron chi connectivity index (χ4n) is 2.63. The number of carboxylic acid groups (broad SMARTS) is 1. The SMILES string of the molecule is O=C(O)C(Cc1ccccc1)NC(c1ccco1)C(O)C(O)C(O)CO. The number of furan rings is 1. The molecule has 0 bridgehead atoms. The van der Waals surface area contributed by atoms with Crippen LogP contribution in [0.5, 0.6) is 0 Å². The molecule has 5 unspecified atom stereocenters. The topological polar surface area (TPSA) is 143 Å². The standard InChI is InChI=1S/C18H23NO7/c20-10-13(21)16(22)17(23)15(14-7-4-8-26-14)19-12(18(24)25)9-11-5-2-1-3-6-11/h1-8,12-13,15-17,19-23H,9-10H2,(H,24,25). The third-order valence-electron chi connectivity index (χ3n) is 4.08. The van der Waals surface area contributed by atoms with Crippen LogP contribution >= 0.6 is 0 Å². The molecule has 1 heterocycles. The molecule has 0 spiro atoms. The van der Waals surface area contributed by atoms with Crippen LogP contribution in [0.4, 0.5) is 0 Å². The molecule has 6 N–H and O–H groups in total. The number of carboxylic acids is 1. The number of nitrogens with one attached hydrogen (secondary N) is 1. The number of benzene rings is 1. The highest BCUT2D eigenvalue weighted by atomic mass is 16.4. The van der Waals surface area contributed by atoms with Gasteiger partial charge in [-0.2, -0.15) is 0 Å². The van der Waals surface area contributed by atoms with Gasteiger partial charge in [0, 0.05) is 0 Å². The number of rotatable bonds is 10. The maximum absolute atomic E-state index is 11.7. The lowest BCUT2D eigenvalue weighted by Crippen LogP contribution is -2.50. The molecular weight excluding hydrogens is 342 g/mol. The highest BCUT2D eigenvalue weighted by Gasteiger charge is 2.36. The van der Waals surface area contributed by atoms with Crippen LogP contribution < -0.4 is 5.32 Å². The normalized spacial score (nSPS) is 17.2. The third kappa shape index (κ3) is 5.13. The van der Waals surface area contributed by atoms with Crippen molar-refractivity contribution in [3.05, 3.63) is 60.1 Å². The van der Waals surface area contributed by atoms with Crippen LogP contribution in [0.3, 0.4) is 0 Å². The van der Waals surface area contributed by atoms with Crippen LogP contribution in [0, 0.1) is 0 Å². The fraction of sp³-hybridized carbons (Fsp3) is 0.389. The van der Waals surface area contributed by atoms with E-state index >= 15 is 0 Å². The Morgan fingerprint density at radius 2 is 1.73 bits per heavy atom. The molecule has 8 nitrogen and oxygen atoms in total. The van der Waals surface area contributed by atoms with Crippen LogP contribution in [0.15, 0.2) is 53.1 Å². The first-order valence-corrected chi connectivity index (χ1v) is 8.15. The van der Waals surface area contributed by atoms with Gasteiger partial charge in [-0.1, -0.05) is 30.3 Å². The summed E-state index contributed by atoms with van der Waals surface area (Å²) in [5.41, 5.74) is 0.774. The van der Waals surface area contributed by atoms with E-state index in [0.29, 0.717) is 0 Å². The predicted octanol–water partition coefficient (Wildman–Crippen LogP) is -0.319. The molecule has 5 atom stereocenters. The molecule has 0 aliphatic heterocycles. The van der Waals surface area contributed by atoms with E-state index < -0.39 is 43.0 Å². The van der Waals surface area contributed by atoms with Crippen molar-refractivity contribution in [3.8, 4) is 0 Å². The summed E-state index contributed by atoms with van der Waals surface area (Å²) in [6.07, 6.45) is -3.41. The van der Waals surface area contributed by atoms with Crippen LogP contribution in [0.25, 0.3) is 0 Å². The molecule has 0 radical (unpaired) electrons. The number of carbonyl (C=O) groups is 1. The lowest BCUT2D eigenvalue weighted by atomic mass is 9.97. The molecule has 1 aromatic carbocycles. The second-order valence-corrected chi connectivity index (χ2v) is 5.97. The predicted molar refractivity (Wildman–Crippen MR) is 91.3 cm³/mol. The van der Waals surface area contributed by atoms with Gasteiger partial charge in [-0.3, -0.25) is 10.1 Å². The Morgan fingerprint density at radius 3 is 2.27 bits per heavy atom. The Hall–Kier alpha value is -2.23. The summed E-state index contributed by atoms with van der Waals surface area (Å²) in [7, 11) is 0. The number of aliphatic carboxylic acids is 1. The Morgan fingerprint density at radius 1 is 1.04 bits per heavy atom. The summed E-state index contributed by atoms with van der Waals surface area (Å²) in [6, 6.07) is 9.82. The van der Waals surface area contributed by atoms with Gasteiger partial charge in [0.25, 0.3) is 0 Å². The van der Waals surface area contributed by atoms with Gasteiger partial charge in [0.1, 0.15) is 30.1 Å².